The predicted molar refractivity (Wildman–Crippen MR) is 166 cm³/mol. The summed E-state index contributed by atoms with van der Waals surface area (Å²) in [5.74, 6) is 2.03. The lowest BCUT2D eigenvalue weighted by molar-refractivity contribution is 0.141. The molecule has 10 nitrogen and oxygen atoms in total. The van der Waals surface area contributed by atoms with E-state index in [2.05, 4.69) is 50.3 Å². The van der Waals surface area contributed by atoms with Crippen LogP contribution in [-0.4, -0.2) is 78.4 Å². The summed E-state index contributed by atoms with van der Waals surface area (Å²) in [7, 11) is 0. The highest BCUT2D eigenvalue weighted by Crippen LogP contribution is 2.48. The summed E-state index contributed by atoms with van der Waals surface area (Å²) < 4.78 is 5.99. The number of hydrogen-bond acceptors (Lipinski definition) is 11. The summed E-state index contributed by atoms with van der Waals surface area (Å²) in [4.78, 5) is 18.8. The van der Waals surface area contributed by atoms with Crippen LogP contribution in [0.2, 0.25) is 0 Å². The molecule has 6 heterocycles. The molecule has 3 aromatic heterocycles. The molecule has 222 valence electrons. The van der Waals surface area contributed by atoms with E-state index in [-0.39, 0.29) is 0 Å². The van der Waals surface area contributed by atoms with E-state index in [4.69, 9.17) is 20.2 Å². The Kier molecular flexibility index (Phi) is 7.54. The van der Waals surface area contributed by atoms with Crippen LogP contribution < -0.4 is 20.9 Å². The number of piperazine rings is 1. The SMILES string of the molecule is CC1(c2nc(-c3cc(N4CCNCC4)cc(N4CCC(N5CCCCC5)CC4)n3)no2)CCCc2sc(N)c(C#N)c21. The van der Waals surface area contributed by atoms with Crippen LogP contribution >= 0.6 is 11.3 Å². The maximum Gasteiger partial charge on any atom is 0.237 e. The highest BCUT2D eigenvalue weighted by atomic mass is 32.1. The van der Waals surface area contributed by atoms with Gasteiger partial charge < -0.3 is 30.3 Å². The van der Waals surface area contributed by atoms with Crippen LogP contribution in [0.3, 0.4) is 0 Å². The van der Waals surface area contributed by atoms with Gasteiger partial charge in [0.1, 0.15) is 22.6 Å². The Morgan fingerprint density at radius 3 is 2.57 bits per heavy atom. The Balaban J connectivity index is 1.20. The van der Waals surface area contributed by atoms with E-state index in [1.54, 1.807) is 0 Å². The Bertz CT molecular complexity index is 1460. The lowest BCUT2D eigenvalue weighted by Gasteiger charge is -2.41. The van der Waals surface area contributed by atoms with Gasteiger partial charge in [0.2, 0.25) is 11.7 Å². The number of aromatic nitrogens is 3. The number of fused-ring (bicyclic) bond motifs is 1. The second kappa shape index (κ2) is 11.5. The first-order valence-electron chi connectivity index (χ1n) is 15.7. The molecule has 3 fully saturated rings. The van der Waals surface area contributed by atoms with Crippen LogP contribution in [0.5, 0.6) is 0 Å². The van der Waals surface area contributed by atoms with E-state index in [0.29, 0.717) is 28.3 Å². The van der Waals surface area contributed by atoms with Gasteiger partial charge >= 0.3 is 0 Å². The Hall–Kier alpha value is -3.20. The van der Waals surface area contributed by atoms with Gasteiger partial charge in [-0.15, -0.1) is 11.3 Å². The summed E-state index contributed by atoms with van der Waals surface area (Å²) in [6.45, 7) is 10.5. The van der Waals surface area contributed by atoms with E-state index >= 15 is 0 Å². The van der Waals surface area contributed by atoms with Gasteiger partial charge in [-0.05, 0) is 71.0 Å². The number of nitrogens with zero attached hydrogens (tertiary/aromatic N) is 7. The van der Waals surface area contributed by atoms with Gasteiger partial charge in [0.15, 0.2) is 0 Å². The molecule has 1 aliphatic carbocycles. The Labute approximate surface area is 251 Å². The average Bonchev–Trinajstić information content (AvgIpc) is 3.68. The average molecular weight is 588 g/mol. The molecule has 3 saturated heterocycles. The first-order chi connectivity index (χ1) is 20.5. The zero-order chi connectivity index (χ0) is 28.7. The van der Waals surface area contributed by atoms with Crippen molar-refractivity contribution in [2.75, 3.05) is 67.9 Å². The van der Waals surface area contributed by atoms with Crippen molar-refractivity contribution in [3.63, 3.8) is 0 Å². The second-order valence-electron chi connectivity index (χ2n) is 12.5. The molecule has 7 rings (SSSR count). The fourth-order valence-electron chi connectivity index (χ4n) is 7.49. The molecule has 0 bridgehead atoms. The van der Waals surface area contributed by atoms with Crippen molar-refractivity contribution >= 4 is 27.8 Å². The third-order valence-corrected chi connectivity index (χ3v) is 10.9. The normalized spacial score (nSPS) is 24.0. The molecule has 1 atom stereocenters. The van der Waals surface area contributed by atoms with E-state index in [0.717, 1.165) is 86.2 Å². The van der Waals surface area contributed by atoms with E-state index in [1.165, 1.54) is 56.5 Å². The quantitative estimate of drug-likeness (QED) is 0.450. The lowest BCUT2D eigenvalue weighted by Crippen LogP contribution is -2.47. The zero-order valence-corrected chi connectivity index (χ0v) is 25.4. The molecule has 4 aliphatic rings. The smallest absolute Gasteiger partial charge is 0.237 e. The number of pyridine rings is 1. The molecular weight excluding hydrogens is 546 g/mol. The number of piperidine rings is 2. The fraction of sp³-hybridized carbons (Fsp3) is 0.613. The maximum atomic E-state index is 9.91. The largest absolute Gasteiger partial charge is 0.389 e. The molecule has 11 heteroatoms. The van der Waals surface area contributed by atoms with Crippen LogP contribution in [0, 0.1) is 11.3 Å². The molecule has 42 heavy (non-hydrogen) atoms. The molecule has 1 unspecified atom stereocenters. The van der Waals surface area contributed by atoms with Gasteiger partial charge in [0.05, 0.1) is 11.0 Å². The number of nitrogens with one attached hydrogen (secondary N) is 1. The predicted octanol–water partition coefficient (Wildman–Crippen LogP) is 4.15. The lowest BCUT2D eigenvalue weighted by atomic mass is 9.72. The van der Waals surface area contributed by atoms with Crippen molar-refractivity contribution < 1.29 is 4.52 Å². The fourth-order valence-corrected chi connectivity index (χ4v) is 8.68. The topological polar surface area (TPSA) is 123 Å². The van der Waals surface area contributed by atoms with Crippen molar-refractivity contribution in [3.05, 3.63) is 34.0 Å². The number of nitrogens with two attached hydrogens (primary N) is 1. The molecule has 3 aliphatic heterocycles. The summed E-state index contributed by atoms with van der Waals surface area (Å²) in [5.41, 5.74) is 9.13. The standard InChI is InChI=1S/C31H41N9OS/c1-31(9-5-6-25-27(31)23(20-32)28(33)42-25)30-36-29(37-41-30)24-18-22(39-16-10-34-11-17-39)19-26(35-24)40-14-7-21(8-15-40)38-12-3-2-4-13-38/h18-19,21,34H,2-17,33H2,1H3. The van der Waals surface area contributed by atoms with Crippen LogP contribution in [0.15, 0.2) is 16.7 Å². The molecule has 3 aromatic rings. The molecule has 0 aromatic carbocycles. The summed E-state index contributed by atoms with van der Waals surface area (Å²) >= 11 is 1.52. The number of likely N-dealkylation sites (tertiary alicyclic amines) is 1. The maximum absolute atomic E-state index is 9.91. The molecular formula is C31H41N9OS. The minimum atomic E-state index is -0.548. The van der Waals surface area contributed by atoms with E-state index in [1.807, 2.05) is 0 Å². The van der Waals surface area contributed by atoms with E-state index in [9.17, 15) is 5.26 Å². The van der Waals surface area contributed by atoms with Crippen LogP contribution in [-0.2, 0) is 11.8 Å². The van der Waals surface area contributed by atoms with Crippen LogP contribution in [0.25, 0.3) is 11.5 Å². The van der Waals surface area contributed by atoms with Gasteiger partial charge in [-0.3, -0.25) is 0 Å². The van der Waals surface area contributed by atoms with E-state index < -0.39 is 5.41 Å². The van der Waals surface area contributed by atoms with Crippen molar-refractivity contribution in [2.24, 2.45) is 0 Å². The minimum absolute atomic E-state index is 0.501. The first-order valence-corrected chi connectivity index (χ1v) is 16.5. The number of thiophene rings is 1. The number of rotatable bonds is 5. The summed E-state index contributed by atoms with van der Waals surface area (Å²) in [6.07, 6.45) is 9.14. The highest BCUT2D eigenvalue weighted by Gasteiger charge is 2.43. The monoisotopic (exact) mass is 587 g/mol. The third-order valence-electron chi connectivity index (χ3n) is 9.85. The second-order valence-corrected chi connectivity index (χ2v) is 13.6. The van der Waals surface area contributed by atoms with Crippen molar-refractivity contribution in [1.82, 2.24) is 25.3 Å². The number of aryl methyl sites for hydroxylation is 1. The number of anilines is 3. The van der Waals surface area contributed by atoms with Gasteiger partial charge in [-0.25, -0.2) is 4.98 Å². The van der Waals surface area contributed by atoms with Gasteiger partial charge in [0.25, 0.3) is 0 Å². The summed E-state index contributed by atoms with van der Waals surface area (Å²) in [6, 6.07) is 7.39. The van der Waals surface area contributed by atoms with Gasteiger partial charge in [0, 0.05) is 67.5 Å². The molecule has 0 saturated carbocycles. The molecule has 0 radical (unpaired) electrons. The van der Waals surface area contributed by atoms with Crippen molar-refractivity contribution in [3.8, 4) is 17.6 Å². The van der Waals surface area contributed by atoms with Crippen molar-refractivity contribution in [1.29, 1.82) is 5.26 Å². The Morgan fingerprint density at radius 2 is 1.81 bits per heavy atom. The molecule has 0 spiro atoms. The first kappa shape index (κ1) is 27.6. The number of nitrogen functional groups attached to an aromatic ring is 1. The molecule has 0 amide bonds. The van der Waals surface area contributed by atoms with Gasteiger partial charge in [-0.1, -0.05) is 11.6 Å². The molecule has 3 N–H and O–H groups in total. The minimum Gasteiger partial charge on any atom is -0.389 e. The zero-order valence-electron chi connectivity index (χ0n) is 24.6. The number of nitriles is 1. The number of hydrogen-bond donors (Lipinski definition) is 2. The summed E-state index contributed by atoms with van der Waals surface area (Å²) in [5, 5.41) is 18.4. The van der Waals surface area contributed by atoms with Gasteiger partial charge in [-0.2, -0.15) is 10.2 Å². The van der Waals surface area contributed by atoms with Crippen molar-refractivity contribution in [2.45, 2.75) is 69.7 Å². The van der Waals surface area contributed by atoms with Crippen LogP contribution in [0.4, 0.5) is 16.5 Å². The highest BCUT2D eigenvalue weighted by molar-refractivity contribution is 7.16. The Morgan fingerprint density at radius 1 is 1.02 bits per heavy atom. The third kappa shape index (κ3) is 5.03. The van der Waals surface area contributed by atoms with Crippen LogP contribution in [0.1, 0.15) is 73.8 Å².